The number of quaternary nitrogens is 1. The van der Waals surface area contributed by atoms with Crippen molar-refractivity contribution in [3.63, 3.8) is 0 Å². The van der Waals surface area contributed by atoms with Crippen LogP contribution in [0, 0.1) is 0 Å². The largest absolute Gasteiger partial charge is 0.496 e. The van der Waals surface area contributed by atoms with E-state index in [2.05, 4.69) is 17.4 Å². The van der Waals surface area contributed by atoms with Gasteiger partial charge in [0.1, 0.15) is 12.3 Å². The van der Waals surface area contributed by atoms with E-state index in [0.29, 0.717) is 24.7 Å². The second-order valence-corrected chi connectivity index (χ2v) is 6.64. The number of carbonyl (C=O) groups is 1. The molecule has 0 aromatic heterocycles. The Labute approximate surface area is 154 Å². The molecule has 0 bridgehead atoms. The Bertz CT molecular complexity index is 677. The lowest BCUT2D eigenvalue weighted by Gasteiger charge is -2.16. The predicted molar refractivity (Wildman–Crippen MR) is 101 cm³/mol. The van der Waals surface area contributed by atoms with Crippen LogP contribution in [0.3, 0.4) is 0 Å². The number of benzene rings is 2. The molecular formula is C20H26ClN2O2+. The molecule has 25 heavy (non-hydrogen) atoms. The molecule has 0 spiro atoms. The van der Waals surface area contributed by atoms with Crippen molar-refractivity contribution in [2.45, 2.75) is 19.4 Å². The number of nitrogens with one attached hydrogen (secondary N) is 2. The highest BCUT2D eigenvalue weighted by Gasteiger charge is 2.13. The van der Waals surface area contributed by atoms with Crippen molar-refractivity contribution in [3.8, 4) is 5.75 Å². The first-order valence-electron chi connectivity index (χ1n) is 8.53. The summed E-state index contributed by atoms with van der Waals surface area (Å²) in [6.45, 7) is 1.80. The van der Waals surface area contributed by atoms with Gasteiger partial charge in [0.25, 0.3) is 5.91 Å². The van der Waals surface area contributed by atoms with Crippen LogP contribution in [0.4, 0.5) is 0 Å². The van der Waals surface area contributed by atoms with E-state index in [1.54, 1.807) is 13.2 Å². The fraction of sp³-hybridized carbons (Fsp3) is 0.350. The molecule has 1 amide bonds. The number of likely N-dealkylation sites (N-methyl/N-ethyl adjacent to an activating group) is 1. The molecule has 1 atom stereocenters. The average Bonchev–Trinajstić information content (AvgIpc) is 2.60. The van der Waals surface area contributed by atoms with Crippen molar-refractivity contribution in [1.29, 1.82) is 0 Å². The van der Waals surface area contributed by atoms with Crippen molar-refractivity contribution in [2.24, 2.45) is 0 Å². The summed E-state index contributed by atoms with van der Waals surface area (Å²) in [6, 6.07) is 15.9. The summed E-state index contributed by atoms with van der Waals surface area (Å²) < 4.78 is 5.36. The summed E-state index contributed by atoms with van der Waals surface area (Å²) in [5.74, 6) is 0.860. The van der Waals surface area contributed by atoms with Crippen molar-refractivity contribution >= 4 is 17.5 Å². The third-order valence-electron chi connectivity index (χ3n) is 4.00. The molecule has 4 nitrogen and oxygen atoms in total. The molecule has 0 aliphatic rings. The maximum atomic E-state index is 12.1. The minimum absolute atomic E-state index is 0.0616. The number of rotatable bonds is 9. The number of carbonyl (C=O) groups excluding carboxylic acids is 1. The van der Waals surface area contributed by atoms with Crippen LogP contribution in [0.15, 0.2) is 48.5 Å². The smallest absolute Gasteiger partial charge is 0.275 e. The number of amides is 1. The van der Waals surface area contributed by atoms with Crippen molar-refractivity contribution in [2.75, 3.05) is 27.2 Å². The number of halogens is 1. The SMILES string of the molecule is COc1ccc(Cl)cc1C[NH+](C)CC(=O)NCCCc1ccccc1. The van der Waals surface area contributed by atoms with Gasteiger partial charge in [0.15, 0.2) is 6.54 Å². The van der Waals surface area contributed by atoms with Gasteiger partial charge in [0.05, 0.1) is 14.2 Å². The lowest BCUT2D eigenvalue weighted by Crippen LogP contribution is -3.08. The average molecular weight is 362 g/mol. The quantitative estimate of drug-likeness (QED) is 0.672. The second-order valence-electron chi connectivity index (χ2n) is 6.21. The number of methoxy groups -OCH3 is 1. The lowest BCUT2D eigenvalue weighted by atomic mass is 10.1. The molecule has 0 radical (unpaired) electrons. The number of ether oxygens (including phenoxy) is 1. The zero-order valence-corrected chi connectivity index (χ0v) is 15.6. The monoisotopic (exact) mass is 361 g/mol. The van der Waals surface area contributed by atoms with Gasteiger partial charge in [-0.2, -0.15) is 0 Å². The Hall–Kier alpha value is -2.04. The summed E-state index contributed by atoms with van der Waals surface area (Å²) in [7, 11) is 3.63. The van der Waals surface area contributed by atoms with Gasteiger partial charge in [-0.05, 0) is 36.6 Å². The molecule has 0 heterocycles. The van der Waals surface area contributed by atoms with E-state index in [9.17, 15) is 4.79 Å². The zero-order chi connectivity index (χ0) is 18.1. The van der Waals surface area contributed by atoms with E-state index in [1.165, 1.54) is 5.56 Å². The third kappa shape index (κ3) is 6.77. The van der Waals surface area contributed by atoms with Gasteiger partial charge in [0, 0.05) is 17.1 Å². The minimum atomic E-state index is 0.0616. The number of hydrogen-bond donors (Lipinski definition) is 2. The molecule has 2 N–H and O–H groups in total. The molecule has 2 aromatic carbocycles. The van der Waals surface area contributed by atoms with E-state index >= 15 is 0 Å². The van der Waals surface area contributed by atoms with Crippen LogP contribution in [0.2, 0.25) is 5.02 Å². The van der Waals surface area contributed by atoms with Gasteiger partial charge >= 0.3 is 0 Å². The number of hydrogen-bond acceptors (Lipinski definition) is 2. The second kappa shape index (κ2) is 10.1. The molecule has 0 saturated carbocycles. The summed E-state index contributed by atoms with van der Waals surface area (Å²) in [6.07, 6.45) is 1.92. The van der Waals surface area contributed by atoms with Crippen LogP contribution in [-0.2, 0) is 17.8 Å². The highest BCUT2D eigenvalue weighted by Crippen LogP contribution is 2.21. The van der Waals surface area contributed by atoms with Gasteiger partial charge in [-0.25, -0.2) is 0 Å². The topological polar surface area (TPSA) is 42.8 Å². The van der Waals surface area contributed by atoms with Gasteiger partial charge in [-0.3, -0.25) is 4.79 Å². The van der Waals surface area contributed by atoms with E-state index in [4.69, 9.17) is 16.3 Å². The van der Waals surface area contributed by atoms with E-state index in [0.717, 1.165) is 29.1 Å². The normalized spacial score (nSPS) is 11.8. The molecular weight excluding hydrogens is 336 g/mol. The first-order valence-corrected chi connectivity index (χ1v) is 8.90. The first kappa shape index (κ1) is 19.3. The molecule has 2 aromatic rings. The molecule has 5 heteroatoms. The molecule has 0 aliphatic heterocycles. The van der Waals surface area contributed by atoms with E-state index in [-0.39, 0.29) is 5.91 Å². The summed E-state index contributed by atoms with van der Waals surface area (Å²) >= 11 is 6.05. The van der Waals surface area contributed by atoms with Crippen LogP contribution in [-0.4, -0.2) is 33.2 Å². The van der Waals surface area contributed by atoms with E-state index < -0.39 is 0 Å². The van der Waals surface area contributed by atoms with Crippen molar-refractivity contribution in [3.05, 3.63) is 64.7 Å². The minimum Gasteiger partial charge on any atom is -0.496 e. The van der Waals surface area contributed by atoms with Gasteiger partial charge in [-0.15, -0.1) is 0 Å². The Morgan fingerprint density at radius 2 is 1.96 bits per heavy atom. The highest BCUT2D eigenvalue weighted by molar-refractivity contribution is 6.30. The van der Waals surface area contributed by atoms with Crippen molar-refractivity contribution in [1.82, 2.24) is 5.32 Å². The zero-order valence-electron chi connectivity index (χ0n) is 14.8. The fourth-order valence-electron chi connectivity index (χ4n) is 2.77. The van der Waals surface area contributed by atoms with Gasteiger partial charge < -0.3 is 15.0 Å². The molecule has 0 aliphatic carbocycles. The predicted octanol–water partition coefficient (Wildman–Crippen LogP) is 2.11. The first-order chi connectivity index (χ1) is 12.1. The maximum absolute atomic E-state index is 12.1. The van der Waals surface area contributed by atoms with Crippen LogP contribution in [0.5, 0.6) is 5.75 Å². The molecule has 0 fully saturated rings. The fourth-order valence-corrected chi connectivity index (χ4v) is 2.97. The molecule has 0 saturated heterocycles. The Balaban J connectivity index is 1.72. The maximum Gasteiger partial charge on any atom is 0.275 e. The standard InChI is InChI=1S/C20H25ClN2O2/c1-23(14-17-13-18(21)10-11-19(17)25-2)15-20(24)22-12-6-9-16-7-4-3-5-8-16/h3-5,7-8,10-11,13H,6,9,12,14-15H2,1-2H3,(H,22,24)/p+1. The summed E-state index contributed by atoms with van der Waals surface area (Å²) in [4.78, 5) is 13.2. The van der Waals surface area contributed by atoms with Gasteiger partial charge in [-0.1, -0.05) is 41.9 Å². The van der Waals surface area contributed by atoms with Crippen LogP contribution >= 0.6 is 11.6 Å². The Morgan fingerprint density at radius 3 is 2.68 bits per heavy atom. The van der Waals surface area contributed by atoms with Crippen LogP contribution in [0.1, 0.15) is 17.5 Å². The van der Waals surface area contributed by atoms with Crippen molar-refractivity contribution < 1.29 is 14.4 Å². The Morgan fingerprint density at radius 1 is 1.20 bits per heavy atom. The van der Waals surface area contributed by atoms with E-state index in [1.807, 2.05) is 37.4 Å². The summed E-state index contributed by atoms with van der Waals surface area (Å²) in [5.41, 5.74) is 2.30. The molecule has 1 unspecified atom stereocenters. The third-order valence-corrected chi connectivity index (χ3v) is 4.24. The molecule has 2 rings (SSSR count). The Kier molecular flexibility index (Phi) is 7.76. The summed E-state index contributed by atoms with van der Waals surface area (Å²) in [5, 5.41) is 3.67. The highest BCUT2D eigenvalue weighted by atomic mass is 35.5. The number of aryl methyl sites for hydroxylation is 1. The van der Waals surface area contributed by atoms with Crippen LogP contribution < -0.4 is 15.0 Å². The van der Waals surface area contributed by atoms with Crippen LogP contribution in [0.25, 0.3) is 0 Å². The van der Waals surface area contributed by atoms with Gasteiger partial charge in [0.2, 0.25) is 0 Å². The lowest BCUT2D eigenvalue weighted by molar-refractivity contribution is -0.885. The molecule has 134 valence electrons.